The standard InChI is InChI=1S/C18H25N5O2/c1-4-9-20-16-15(19)17(22-11-21-16)23-14-7-5-13(6-8-14)18(24)25-10-12(2)3/h5-8,11-12H,4,9-10,19H2,1-3H3,(H2,20,21,22,23). The van der Waals surface area contributed by atoms with E-state index in [-0.39, 0.29) is 5.97 Å². The summed E-state index contributed by atoms with van der Waals surface area (Å²) in [6, 6.07) is 6.98. The van der Waals surface area contributed by atoms with Crippen molar-refractivity contribution in [2.24, 2.45) is 5.92 Å². The lowest BCUT2D eigenvalue weighted by molar-refractivity contribution is 0.0459. The number of ether oxygens (including phenoxy) is 1. The number of aromatic nitrogens is 2. The highest BCUT2D eigenvalue weighted by atomic mass is 16.5. The zero-order valence-corrected chi connectivity index (χ0v) is 14.9. The third kappa shape index (κ3) is 5.34. The summed E-state index contributed by atoms with van der Waals surface area (Å²) in [5.74, 6) is 1.10. The molecule has 0 saturated carbocycles. The molecular weight excluding hydrogens is 318 g/mol. The van der Waals surface area contributed by atoms with E-state index in [0.29, 0.717) is 35.4 Å². The van der Waals surface area contributed by atoms with Crippen LogP contribution in [0.2, 0.25) is 0 Å². The summed E-state index contributed by atoms with van der Waals surface area (Å²) in [5.41, 5.74) is 7.83. The fourth-order valence-corrected chi connectivity index (χ4v) is 2.03. The fraction of sp³-hybridized carbons (Fsp3) is 0.389. The molecule has 1 aromatic heterocycles. The minimum absolute atomic E-state index is 0.307. The van der Waals surface area contributed by atoms with E-state index < -0.39 is 0 Å². The predicted molar refractivity (Wildman–Crippen MR) is 100 cm³/mol. The molecule has 0 radical (unpaired) electrons. The Morgan fingerprint density at radius 3 is 2.52 bits per heavy atom. The topological polar surface area (TPSA) is 102 Å². The number of carbonyl (C=O) groups is 1. The third-order valence-corrected chi connectivity index (χ3v) is 3.36. The van der Waals surface area contributed by atoms with Gasteiger partial charge in [-0.2, -0.15) is 0 Å². The lowest BCUT2D eigenvalue weighted by Gasteiger charge is -2.12. The van der Waals surface area contributed by atoms with E-state index in [1.54, 1.807) is 24.3 Å². The van der Waals surface area contributed by atoms with Gasteiger partial charge in [0.1, 0.15) is 12.0 Å². The van der Waals surface area contributed by atoms with E-state index in [2.05, 4.69) is 27.5 Å². The average Bonchev–Trinajstić information content (AvgIpc) is 2.61. The molecule has 25 heavy (non-hydrogen) atoms. The summed E-state index contributed by atoms with van der Waals surface area (Å²) in [5, 5.41) is 6.30. The van der Waals surface area contributed by atoms with Gasteiger partial charge in [0.2, 0.25) is 0 Å². The maximum atomic E-state index is 11.9. The second kappa shape index (κ2) is 8.86. The molecule has 0 fully saturated rings. The molecule has 0 aliphatic carbocycles. The Morgan fingerprint density at radius 1 is 1.20 bits per heavy atom. The van der Waals surface area contributed by atoms with Crippen LogP contribution >= 0.6 is 0 Å². The number of nitrogen functional groups attached to an aromatic ring is 1. The van der Waals surface area contributed by atoms with Gasteiger partial charge in [-0.25, -0.2) is 14.8 Å². The van der Waals surface area contributed by atoms with E-state index >= 15 is 0 Å². The highest BCUT2D eigenvalue weighted by Crippen LogP contribution is 2.25. The summed E-state index contributed by atoms with van der Waals surface area (Å²) in [6.07, 6.45) is 2.43. The molecule has 7 nitrogen and oxygen atoms in total. The van der Waals surface area contributed by atoms with Crippen molar-refractivity contribution in [2.75, 3.05) is 29.5 Å². The zero-order valence-electron chi connectivity index (χ0n) is 14.9. The molecule has 0 atom stereocenters. The van der Waals surface area contributed by atoms with Crippen molar-refractivity contribution in [3.05, 3.63) is 36.2 Å². The number of esters is 1. The first-order chi connectivity index (χ1) is 12.0. The maximum Gasteiger partial charge on any atom is 0.338 e. The van der Waals surface area contributed by atoms with Crippen LogP contribution in [0.5, 0.6) is 0 Å². The summed E-state index contributed by atoms with van der Waals surface area (Å²) in [4.78, 5) is 20.2. The number of benzene rings is 1. The first-order valence-electron chi connectivity index (χ1n) is 8.39. The molecule has 2 aromatic rings. The molecule has 4 N–H and O–H groups in total. The van der Waals surface area contributed by atoms with Gasteiger partial charge >= 0.3 is 5.97 Å². The molecule has 0 saturated heterocycles. The Morgan fingerprint density at radius 2 is 1.88 bits per heavy atom. The molecule has 2 rings (SSSR count). The van der Waals surface area contributed by atoms with Crippen molar-refractivity contribution in [3.8, 4) is 0 Å². The highest BCUT2D eigenvalue weighted by molar-refractivity contribution is 5.90. The molecule has 0 aliphatic rings. The van der Waals surface area contributed by atoms with Gasteiger partial charge in [0.25, 0.3) is 0 Å². The third-order valence-electron chi connectivity index (χ3n) is 3.36. The van der Waals surface area contributed by atoms with Crippen molar-refractivity contribution in [2.45, 2.75) is 27.2 Å². The number of hydrogen-bond donors (Lipinski definition) is 3. The Kier molecular flexibility index (Phi) is 6.56. The van der Waals surface area contributed by atoms with Crippen LogP contribution in [0.4, 0.5) is 23.0 Å². The van der Waals surface area contributed by atoms with Crippen LogP contribution in [-0.4, -0.2) is 29.1 Å². The fourth-order valence-electron chi connectivity index (χ4n) is 2.03. The minimum Gasteiger partial charge on any atom is -0.462 e. The average molecular weight is 343 g/mol. The van der Waals surface area contributed by atoms with E-state index in [1.165, 1.54) is 6.33 Å². The Balaban J connectivity index is 2.05. The number of nitrogens with zero attached hydrogens (tertiary/aromatic N) is 2. The number of anilines is 4. The minimum atomic E-state index is -0.326. The zero-order chi connectivity index (χ0) is 18.2. The van der Waals surface area contributed by atoms with Crippen LogP contribution in [0.3, 0.4) is 0 Å². The van der Waals surface area contributed by atoms with Crippen LogP contribution < -0.4 is 16.4 Å². The molecule has 0 unspecified atom stereocenters. The van der Waals surface area contributed by atoms with Crippen LogP contribution in [0.1, 0.15) is 37.6 Å². The van der Waals surface area contributed by atoms with Gasteiger partial charge in [-0.05, 0) is 36.6 Å². The number of rotatable bonds is 8. The molecule has 7 heteroatoms. The van der Waals surface area contributed by atoms with Gasteiger partial charge < -0.3 is 21.1 Å². The van der Waals surface area contributed by atoms with Crippen molar-refractivity contribution >= 4 is 29.0 Å². The largest absolute Gasteiger partial charge is 0.462 e. The van der Waals surface area contributed by atoms with Gasteiger partial charge in [0, 0.05) is 12.2 Å². The van der Waals surface area contributed by atoms with Gasteiger partial charge in [-0.15, -0.1) is 0 Å². The highest BCUT2D eigenvalue weighted by Gasteiger charge is 2.10. The van der Waals surface area contributed by atoms with Crippen LogP contribution in [0.25, 0.3) is 0 Å². The van der Waals surface area contributed by atoms with Crippen molar-refractivity contribution < 1.29 is 9.53 Å². The molecule has 1 heterocycles. The normalized spacial score (nSPS) is 10.6. The van der Waals surface area contributed by atoms with E-state index in [4.69, 9.17) is 10.5 Å². The second-order valence-corrected chi connectivity index (χ2v) is 6.11. The van der Waals surface area contributed by atoms with Crippen LogP contribution in [-0.2, 0) is 4.74 Å². The molecule has 0 amide bonds. The first kappa shape index (κ1) is 18.5. The summed E-state index contributed by atoms with van der Waals surface area (Å²) in [7, 11) is 0. The Bertz CT molecular complexity index is 701. The molecule has 0 aliphatic heterocycles. The maximum absolute atomic E-state index is 11.9. The number of nitrogens with one attached hydrogen (secondary N) is 2. The monoisotopic (exact) mass is 343 g/mol. The van der Waals surface area contributed by atoms with Crippen LogP contribution in [0, 0.1) is 5.92 Å². The van der Waals surface area contributed by atoms with E-state index in [0.717, 1.165) is 18.7 Å². The molecule has 0 bridgehead atoms. The SMILES string of the molecule is CCCNc1ncnc(Nc2ccc(C(=O)OCC(C)C)cc2)c1N. The number of carbonyl (C=O) groups excluding carboxylic acids is 1. The lowest BCUT2D eigenvalue weighted by Crippen LogP contribution is -2.10. The van der Waals surface area contributed by atoms with Gasteiger partial charge in [-0.1, -0.05) is 20.8 Å². The van der Waals surface area contributed by atoms with Crippen molar-refractivity contribution in [3.63, 3.8) is 0 Å². The Hall–Kier alpha value is -2.83. The molecular formula is C18H25N5O2. The van der Waals surface area contributed by atoms with Crippen LogP contribution in [0.15, 0.2) is 30.6 Å². The van der Waals surface area contributed by atoms with E-state index in [1.807, 2.05) is 13.8 Å². The quantitative estimate of drug-likeness (QED) is 0.631. The smallest absolute Gasteiger partial charge is 0.338 e. The summed E-state index contributed by atoms with van der Waals surface area (Å²) >= 11 is 0. The van der Waals surface area contributed by atoms with Gasteiger partial charge in [0.05, 0.1) is 12.2 Å². The molecule has 0 spiro atoms. The summed E-state index contributed by atoms with van der Waals surface area (Å²) in [6.45, 7) is 7.25. The summed E-state index contributed by atoms with van der Waals surface area (Å²) < 4.78 is 5.21. The first-order valence-corrected chi connectivity index (χ1v) is 8.39. The van der Waals surface area contributed by atoms with Crippen molar-refractivity contribution in [1.82, 2.24) is 9.97 Å². The van der Waals surface area contributed by atoms with Crippen molar-refractivity contribution in [1.29, 1.82) is 0 Å². The number of nitrogens with two attached hydrogens (primary N) is 1. The molecule has 1 aromatic carbocycles. The molecule has 134 valence electrons. The second-order valence-electron chi connectivity index (χ2n) is 6.11. The predicted octanol–water partition coefficient (Wildman–Crippen LogP) is 3.44. The Labute approximate surface area is 148 Å². The lowest BCUT2D eigenvalue weighted by atomic mass is 10.2. The van der Waals surface area contributed by atoms with Gasteiger partial charge in [0.15, 0.2) is 11.6 Å². The van der Waals surface area contributed by atoms with Gasteiger partial charge in [-0.3, -0.25) is 0 Å². The number of hydrogen-bond acceptors (Lipinski definition) is 7. The van der Waals surface area contributed by atoms with E-state index in [9.17, 15) is 4.79 Å².